The first-order valence-electron chi connectivity index (χ1n) is 8.08. The molecule has 0 bridgehead atoms. The van der Waals surface area contributed by atoms with Crippen LogP contribution in [-0.4, -0.2) is 54.5 Å². The van der Waals surface area contributed by atoms with Crippen LogP contribution in [0.25, 0.3) is 0 Å². The summed E-state index contributed by atoms with van der Waals surface area (Å²) in [5, 5.41) is 7.32. The van der Waals surface area contributed by atoms with Gasteiger partial charge >= 0.3 is 11.8 Å². The maximum absolute atomic E-state index is 12.1. The summed E-state index contributed by atoms with van der Waals surface area (Å²) < 4.78 is 5.40. The molecular formula is C17H20N4O3S. The fourth-order valence-electron chi connectivity index (χ4n) is 2.67. The summed E-state index contributed by atoms with van der Waals surface area (Å²) >= 11 is 1.65. The fourth-order valence-corrected chi connectivity index (χ4v) is 3.53. The number of pyridine rings is 1. The molecule has 1 aliphatic rings. The van der Waals surface area contributed by atoms with Crippen LogP contribution in [0.4, 0.5) is 5.69 Å². The summed E-state index contributed by atoms with van der Waals surface area (Å²) in [7, 11) is 0. The maximum atomic E-state index is 12.1. The minimum atomic E-state index is -0.682. The van der Waals surface area contributed by atoms with Crippen molar-refractivity contribution < 1.29 is 14.3 Å². The fraction of sp³-hybridized carbons (Fsp3) is 0.353. The van der Waals surface area contributed by atoms with Crippen LogP contribution in [0.1, 0.15) is 10.9 Å². The molecule has 0 saturated carbocycles. The number of amides is 2. The number of anilines is 1. The molecule has 0 unspecified atom stereocenters. The number of carbonyl (C=O) groups is 2. The number of nitrogens with one attached hydrogen (secondary N) is 2. The average molecular weight is 360 g/mol. The van der Waals surface area contributed by atoms with Gasteiger partial charge in [-0.1, -0.05) is 6.07 Å². The third kappa shape index (κ3) is 4.85. The van der Waals surface area contributed by atoms with Gasteiger partial charge in [-0.3, -0.25) is 19.5 Å². The van der Waals surface area contributed by atoms with E-state index in [0.717, 1.165) is 18.0 Å². The molecule has 2 aromatic heterocycles. The van der Waals surface area contributed by atoms with Gasteiger partial charge in [-0.2, -0.15) is 0 Å². The summed E-state index contributed by atoms with van der Waals surface area (Å²) in [6, 6.07) is 7.35. The van der Waals surface area contributed by atoms with E-state index in [1.165, 1.54) is 0 Å². The molecule has 132 valence electrons. The monoisotopic (exact) mass is 360 g/mol. The van der Waals surface area contributed by atoms with Crippen molar-refractivity contribution in [2.24, 2.45) is 0 Å². The summed E-state index contributed by atoms with van der Waals surface area (Å²) in [6.07, 6.45) is 3.11. The molecule has 1 aliphatic heterocycles. The number of hydrogen-bond donors (Lipinski definition) is 2. The smallest absolute Gasteiger partial charge is 0.313 e. The van der Waals surface area contributed by atoms with Crippen LogP contribution in [0, 0.1) is 0 Å². The molecule has 1 atom stereocenters. The standard InChI is InChI=1S/C17H20N4O3S/c22-16(17(23)20-13-3-5-18-6-4-13)19-12-14(15-2-1-11-25-15)21-7-9-24-10-8-21/h1-6,11,14H,7-10,12H2,(H,19,22)(H,18,20,23)/t14-/m0/s1. The Morgan fingerprint density at radius 2 is 1.96 bits per heavy atom. The lowest BCUT2D eigenvalue weighted by Gasteiger charge is -2.34. The van der Waals surface area contributed by atoms with Gasteiger partial charge in [0.25, 0.3) is 0 Å². The Labute approximate surface area is 150 Å². The number of ether oxygens (including phenoxy) is 1. The molecule has 3 heterocycles. The molecule has 2 aromatic rings. The van der Waals surface area contributed by atoms with Crippen molar-refractivity contribution in [1.82, 2.24) is 15.2 Å². The van der Waals surface area contributed by atoms with Crippen LogP contribution >= 0.6 is 11.3 Å². The zero-order valence-electron chi connectivity index (χ0n) is 13.7. The van der Waals surface area contributed by atoms with Crippen LogP contribution in [0.5, 0.6) is 0 Å². The SMILES string of the molecule is O=C(NC[C@@H](c1cccs1)N1CCOCC1)C(=O)Nc1ccncc1. The van der Waals surface area contributed by atoms with Gasteiger partial charge < -0.3 is 15.4 Å². The van der Waals surface area contributed by atoms with Crippen molar-refractivity contribution in [2.75, 3.05) is 38.2 Å². The molecular weight excluding hydrogens is 340 g/mol. The second kappa shape index (κ2) is 8.70. The molecule has 2 amide bonds. The molecule has 25 heavy (non-hydrogen) atoms. The van der Waals surface area contributed by atoms with Crippen molar-refractivity contribution in [1.29, 1.82) is 0 Å². The Kier molecular flexibility index (Phi) is 6.10. The summed E-state index contributed by atoms with van der Waals surface area (Å²) in [4.78, 5) is 31.4. The third-order valence-electron chi connectivity index (χ3n) is 3.96. The molecule has 3 rings (SSSR count). The average Bonchev–Trinajstić information content (AvgIpc) is 3.18. The maximum Gasteiger partial charge on any atom is 0.313 e. The van der Waals surface area contributed by atoms with Crippen molar-refractivity contribution in [3.8, 4) is 0 Å². The van der Waals surface area contributed by atoms with E-state index >= 15 is 0 Å². The van der Waals surface area contributed by atoms with E-state index in [-0.39, 0.29) is 6.04 Å². The van der Waals surface area contributed by atoms with Crippen molar-refractivity contribution in [3.63, 3.8) is 0 Å². The predicted molar refractivity (Wildman–Crippen MR) is 95.3 cm³/mol. The van der Waals surface area contributed by atoms with Gasteiger partial charge in [0.15, 0.2) is 0 Å². The lowest BCUT2D eigenvalue weighted by atomic mass is 10.2. The zero-order valence-corrected chi connectivity index (χ0v) is 14.5. The number of aromatic nitrogens is 1. The zero-order chi connectivity index (χ0) is 17.5. The highest BCUT2D eigenvalue weighted by molar-refractivity contribution is 7.10. The van der Waals surface area contributed by atoms with Gasteiger partial charge in [-0.15, -0.1) is 11.3 Å². The first-order valence-corrected chi connectivity index (χ1v) is 8.96. The Morgan fingerprint density at radius 3 is 2.64 bits per heavy atom. The molecule has 2 N–H and O–H groups in total. The number of carbonyl (C=O) groups excluding carboxylic acids is 2. The van der Waals surface area contributed by atoms with Crippen molar-refractivity contribution >= 4 is 28.8 Å². The van der Waals surface area contributed by atoms with Crippen LogP contribution < -0.4 is 10.6 Å². The van der Waals surface area contributed by atoms with Crippen LogP contribution in [0.3, 0.4) is 0 Å². The molecule has 1 saturated heterocycles. The van der Waals surface area contributed by atoms with E-state index in [0.29, 0.717) is 25.4 Å². The molecule has 8 heteroatoms. The van der Waals surface area contributed by atoms with E-state index in [4.69, 9.17) is 4.74 Å². The molecule has 0 radical (unpaired) electrons. The van der Waals surface area contributed by atoms with Gasteiger partial charge in [0.1, 0.15) is 0 Å². The molecule has 0 aliphatic carbocycles. The van der Waals surface area contributed by atoms with Gasteiger partial charge in [0.05, 0.1) is 19.3 Å². The van der Waals surface area contributed by atoms with E-state index in [9.17, 15) is 9.59 Å². The normalized spacial score (nSPS) is 16.2. The Bertz CT molecular complexity index is 687. The molecule has 0 spiro atoms. The van der Waals surface area contributed by atoms with E-state index < -0.39 is 11.8 Å². The number of nitrogens with zero attached hydrogens (tertiary/aromatic N) is 2. The van der Waals surface area contributed by atoms with Crippen LogP contribution in [-0.2, 0) is 14.3 Å². The largest absolute Gasteiger partial charge is 0.379 e. The minimum Gasteiger partial charge on any atom is -0.379 e. The second-order valence-electron chi connectivity index (χ2n) is 5.58. The Morgan fingerprint density at radius 1 is 1.20 bits per heavy atom. The van der Waals surface area contributed by atoms with Crippen molar-refractivity contribution in [3.05, 3.63) is 46.9 Å². The number of rotatable bonds is 5. The van der Waals surface area contributed by atoms with Gasteiger partial charge in [-0.25, -0.2) is 0 Å². The van der Waals surface area contributed by atoms with Gasteiger partial charge in [0, 0.05) is 42.6 Å². The van der Waals surface area contributed by atoms with E-state index in [1.807, 2.05) is 17.5 Å². The summed E-state index contributed by atoms with van der Waals surface area (Å²) in [5.74, 6) is -1.33. The topological polar surface area (TPSA) is 83.6 Å². The van der Waals surface area contributed by atoms with Crippen molar-refractivity contribution in [2.45, 2.75) is 6.04 Å². The number of morpholine rings is 1. The first-order chi connectivity index (χ1) is 12.2. The minimum absolute atomic E-state index is 0.0431. The highest BCUT2D eigenvalue weighted by Crippen LogP contribution is 2.25. The van der Waals surface area contributed by atoms with Gasteiger partial charge in [0.2, 0.25) is 0 Å². The van der Waals surface area contributed by atoms with E-state index in [1.54, 1.807) is 35.9 Å². The van der Waals surface area contributed by atoms with E-state index in [2.05, 4.69) is 20.5 Å². The predicted octanol–water partition coefficient (Wildman–Crippen LogP) is 1.27. The third-order valence-corrected chi connectivity index (χ3v) is 4.93. The lowest BCUT2D eigenvalue weighted by molar-refractivity contribution is -0.136. The van der Waals surface area contributed by atoms with Crippen LogP contribution in [0.15, 0.2) is 42.0 Å². The van der Waals surface area contributed by atoms with Gasteiger partial charge in [-0.05, 0) is 23.6 Å². The Balaban J connectivity index is 1.58. The molecule has 7 nitrogen and oxygen atoms in total. The van der Waals surface area contributed by atoms with Crippen LogP contribution in [0.2, 0.25) is 0 Å². The highest BCUT2D eigenvalue weighted by atomic mass is 32.1. The first kappa shape index (κ1) is 17.5. The Hall–Kier alpha value is -2.29. The quantitative estimate of drug-likeness (QED) is 0.785. The summed E-state index contributed by atoms with van der Waals surface area (Å²) in [6.45, 7) is 3.35. The number of thiophene rings is 1. The summed E-state index contributed by atoms with van der Waals surface area (Å²) in [5.41, 5.74) is 0.540. The lowest BCUT2D eigenvalue weighted by Crippen LogP contribution is -2.45. The molecule has 0 aromatic carbocycles. The second-order valence-corrected chi connectivity index (χ2v) is 6.56. The highest BCUT2D eigenvalue weighted by Gasteiger charge is 2.25. The molecule has 1 fully saturated rings. The number of hydrogen-bond acceptors (Lipinski definition) is 6.